The summed E-state index contributed by atoms with van der Waals surface area (Å²) in [7, 11) is -3.66. The Kier molecular flexibility index (Phi) is 8.21. The Morgan fingerprint density at radius 2 is 1.36 bits per heavy atom. The lowest BCUT2D eigenvalue weighted by molar-refractivity contribution is 0.0697. The van der Waals surface area contributed by atoms with Gasteiger partial charge in [0.15, 0.2) is 0 Å². The van der Waals surface area contributed by atoms with Crippen molar-refractivity contribution in [3.05, 3.63) is 0 Å². The van der Waals surface area contributed by atoms with E-state index < -0.39 is 35.5 Å². The van der Waals surface area contributed by atoms with Gasteiger partial charge in [-0.1, -0.05) is 0 Å². The number of hydrogen-bond donors (Lipinski definition) is 5. The number of nitrogens with two attached hydrogens (primary N) is 1. The zero-order chi connectivity index (χ0) is 11.8. The van der Waals surface area contributed by atoms with Gasteiger partial charge in [-0.05, 0) is 6.92 Å². The van der Waals surface area contributed by atoms with Crippen LogP contribution < -0.4 is 5.73 Å². The second-order valence-electron chi connectivity index (χ2n) is 2.71. The fourth-order valence-electron chi connectivity index (χ4n) is 0.150. The van der Waals surface area contributed by atoms with E-state index >= 15 is 0 Å². The molecule has 0 saturated carbocycles. The molecule has 0 fully saturated rings. The summed E-state index contributed by atoms with van der Waals surface area (Å²) in [6, 6.07) is 0. The van der Waals surface area contributed by atoms with Gasteiger partial charge in [0.05, 0.1) is 31.1 Å². The highest BCUT2D eigenvalue weighted by Gasteiger charge is 2.20. The lowest BCUT2D eigenvalue weighted by atomic mass is 10.1. The summed E-state index contributed by atoms with van der Waals surface area (Å²) in [6.07, 6.45) is 0. The van der Waals surface area contributed by atoms with E-state index in [0.29, 0.717) is 0 Å². The van der Waals surface area contributed by atoms with E-state index in [4.69, 9.17) is 25.6 Å². The molecule has 0 aromatic heterocycles. The van der Waals surface area contributed by atoms with Crippen molar-refractivity contribution in [3.8, 4) is 0 Å². The molecule has 0 aliphatic rings. The van der Waals surface area contributed by atoms with Crippen molar-refractivity contribution < 1.29 is 28.3 Å². The van der Waals surface area contributed by atoms with Gasteiger partial charge in [-0.15, -0.1) is 0 Å². The van der Waals surface area contributed by atoms with Crippen molar-refractivity contribution in [2.45, 2.75) is 12.5 Å². The number of aliphatic hydroxyl groups is 3. The Hall–Kier alpha value is -0.250. The number of aliphatic hydroxyl groups excluding tert-OH is 3. The summed E-state index contributed by atoms with van der Waals surface area (Å²) in [4.78, 5) is 0. The molecule has 0 aromatic carbocycles. The monoisotopic (exact) mass is 231 g/mol. The highest BCUT2D eigenvalue weighted by molar-refractivity contribution is 7.85. The molecule has 0 unspecified atom stereocenters. The zero-order valence-corrected chi connectivity index (χ0v) is 8.74. The fourth-order valence-corrected chi connectivity index (χ4v) is 0.150. The lowest BCUT2D eigenvalue weighted by Crippen LogP contribution is -2.50. The van der Waals surface area contributed by atoms with Crippen LogP contribution in [0.25, 0.3) is 0 Å². The first-order valence-electron chi connectivity index (χ1n) is 3.81. The molecule has 0 rings (SSSR count). The molecule has 88 valence electrons. The minimum absolute atomic E-state index is 0.201. The van der Waals surface area contributed by atoms with Crippen LogP contribution in [0, 0.1) is 0 Å². The van der Waals surface area contributed by atoms with Crippen molar-refractivity contribution in [2.24, 2.45) is 5.73 Å². The van der Waals surface area contributed by atoms with E-state index in [0.717, 1.165) is 0 Å². The largest absolute Gasteiger partial charge is 0.394 e. The average Bonchev–Trinajstić information content (AvgIpc) is 2.16. The van der Waals surface area contributed by atoms with E-state index in [1.54, 1.807) is 0 Å². The Morgan fingerprint density at radius 1 is 1.14 bits per heavy atom. The smallest absolute Gasteiger partial charge is 0.264 e. The maximum Gasteiger partial charge on any atom is 0.264 e. The van der Waals surface area contributed by atoms with E-state index in [-0.39, 0.29) is 5.75 Å². The van der Waals surface area contributed by atoms with Crippen LogP contribution in [0.2, 0.25) is 0 Å². The predicted octanol–water partition coefficient (Wildman–Crippen LogP) is -2.45. The topological polar surface area (TPSA) is 141 Å². The zero-order valence-electron chi connectivity index (χ0n) is 7.92. The third-order valence-corrected chi connectivity index (χ3v) is 2.04. The summed E-state index contributed by atoms with van der Waals surface area (Å²) in [5.41, 5.74) is 3.94. The van der Waals surface area contributed by atoms with E-state index in [1.165, 1.54) is 6.92 Å². The summed E-state index contributed by atoms with van der Waals surface area (Å²) in [5.74, 6) is -0.201. The molecular weight excluding hydrogens is 214 g/mol. The first-order valence-corrected chi connectivity index (χ1v) is 5.42. The van der Waals surface area contributed by atoms with Crippen molar-refractivity contribution >= 4 is 10.1 Å². The highest BCUT2D eigenvalue weighted by atomic mass is 32.2. The van der Waals surface area contributed by atoms with Gasteiger partial charge in [0, 0.05) is 0 Å². The van der Waals surface area contributed by atoms with Gasteiger partial charge >= 0.3 is 0 Å². The SMILES string of the molecule is CCS(=O)(=O)O.NC(CO)(CO)CO. The molecule has 0 aromatic rings. The maximum atomic E-state index is 9.56. The molecule has 0 aliphatic heterocycles. The third kappa shape index (κ3) is 9.84. The number of rotatable bonds is 4. The van der Waals surface area contributed by atoms with Gasteiger partial charge in [0.2, 0.25) is 0 Å². The quantitative estimate of drug-likeness (QED) is 0.338. The van der Waals surface area contributed by atoms with Crippen LogP contribution in [0.1, 0.15) is 6.92 Å². The van der Waals surface area contributed by atoms with Gasteiger partial charge < -0.3 is 21.1 Å². The summed E-state index contributed by atoms with van der Waals surface area (Å²) in [5, 5.41) is 25.0. The van der Waals surface area contributed by atoms with Crippen molar-refractivity contribution in [2.75, 3.05) is 25.6 Å². The molecule has 0 amide bonds. The minimum Gasteiger partial charge on any atom is -0.394 e. The van der Waals surface area contributed by atoms with Gasteiger partial charge in [-0.3, -0.25) is 4.55 Å². The molecule has 6 N–H and O–H groups in total. The molecule has 0 saturated heterocycles. The molecule has 0 bridgehead atoms. The van der Waals surface area contributed by atoms with Crippen LogP contribution >= 0.6 is 0 Å². The van der Waals surface area contributed by atoms with Crippen LogP contribution in [0.4, 0.5) is 0 Å². The summed E-state index contributed by atoms with van der Waals surface area (Å²) in [6.45, 7) is 0.162. The molecular formula is C6H17NO6S. The van der Waals surface area contributed by atoms with E-state index in [9.17, 15) is 8.42 Å². The predicted molar refractivity (Wildman–Crippen MR) is 50.3 cm³/mol. The Labute approximate surface area is 82.9 Å². The first kappa shape index (κ1) is 16.2. The van der Waals surface area contributed by atoms with Crippen molar-refractivity contribution in [1.29, 1.82) is 0 Å². The Morgan fingerprint density at radius 3 is 1.36 bits per heavy atom. The molecule has 7 nitrogen and oxygen atoms in total. The molecule has 0 radical (unpaired) electrons. The Bertz CT molecular complexity index is 214. The number of hydrogen-bond acceptors (Lipinski definition) is 6. The van der Waals surface area contributed by atoms with Crippen molar-refractivity contribution in [3.63, 3.8) is 0 Å². The van der Waals surface area contributed by atoms with Gasteiger partial charge in [-0.2, -0.15) is 8.42 Å². The minimum atomic E-state index is -3.66. The first-order chi connectivity index (χ1) is 6.24. The van der Waals surface area contributed by atoms with Gasteiger partial charge in [-0.25, -0.2) is 0 Å². The molecule has 0 heterocycles. The van der Waals surface area contributed by atoms with Crippen LogP contribution in [0.5, 0.6) is 0 Å². The van der Waals surface area contributed by atoms with Crippen LogP contribution in [0.3, 0.4) is 0 Å². The molecule has 8 heteroatoms. The van der Waals surface area contributed by atoms with Crippen molar-refractivity contribution in [1.82, 2.24) is 0 Å². The lowest BCUT2D eigenvalue weighted by Gasteiger charge is -2.20. The van der Waals surface area contributed by atoms with Crippen LogP contribution in [-0.2, 0) is 10.1 Å². The fraction of sp³-hybridized carbons (Fsp3) is 1.00. The molecule has 0 spiro atoms. The third-order valence-electron chi connectivity index (χ3n) is 1.31. The van der Waals surface area contributed by atoms with Gasteiger partial charge in [0.1, 0.15) is 0 Å². The Balaban J connectivity index is 0. The normalized spacial score (nSPS) is 11.9. The van der Waals surface area contributed by atoms with Gasteiger partial charge in [0.25, 0.3) is 10.1 Å². The second kappa shape index (κ2) is 7.10. The average molecular weight is 231 g/mol. The van der Waals surface area contributed by atoms with E-state index in [1.807, 2.05) is 0 Å². The van der Waals surface area contributed by atoms with Crippen LogP contribution in [-0.4, -0.2) is 59.4 Å². The maximum absolute atomic E-state index is 9.56. The summed E-state index contributed by atoms with van der Waals surface area (Å²) < 4.78 is 26.9. The van der Waals surface area contributed by atoms with E-state index in [2.05, 4.69) is 0 Å². The summed E-state index contributed by atoms with van der Waals surface area (Å²) >= 11 is 0. The van der Waals surface area contributed by atoms with Crippen LogP contribution in [0.15, 0.2) is 0 Å². The highest BCUT2D eigenvalue weighted by Crippen LogP contribution is 1.93. The standard InChI is InChI=1S/C4H11NO3.C2H6O3S/c5-4(1-6,2-7)3-8;1-2-6(3,4)5/h6-8H,1-3,5H2;2H2,1H3,(H,3,4,5). The second-order valence-corrected chi connectivity index (χ2v) is 4.45. The molecule has 0 atom stereocenters. The molecule has 0 aliphatic carbocycles. The molecule has 14 heavy (non-hydrogen) atoms.